The van der Waals surface area contributed by atoms with Crippen LogP contribution in [0.25, 0.3) is 0 Å². The molecule has 11 nitrogen and oxygen atoms in total. The van der Waals surface area contributed by atoms with Crippen molar-refractivity contribution >= 4 is 17.9 Å². The number of carboxylic acid groups (broad SMARTS) is 3. The molecule has 0 aromatic rings. The molecule has 0 aliphatic carbocycles. The van der Waals surface area contributed by atoms with Gasteiger partial charge in [-0.05, 0) is 0 Å². The van der Waals surface area contributed by atoms with E-state index in [-0.39, 0.29) is 27.4 Å². The molecule has 0 atom stereocenters. The first-order valence-electron chi connectivity index (χ1n) is 2.78. The Kier molecular flexibility index (Phi) is 166. The van der Waals surface area contributed by atoms with Gasteiger partial charge in [-0.15, -0.1) is 0 Å². The lowest BCUT2D eigenvalue weighted by Crippen LogP contribution is -1.78. The second kappa shape index (κ2) is 47.7. The van der Waals surface area contributed by atoms with Crippen LogP contribution in [0.5, 0.6) is 0 Å². The van der Waals surface area contributed by atoms with Gasteiger partial charge in [0.05, 0.1) is 0 Å². The van der Waals surface area contributed by atoms with Gasteiger partial charge in [0.25, 0.3) is 17.9 Å². The minimum atomic E-state index is -0.833. The fourth-order valence-electron chi connectivity index (χ4n) is 0. The normalized spacial score (nSPS) is 4.41. The lowest BCUT2D eigenvalue weighted by Gasteiger charge is -1.59. The van der Waals surface area contributed by atoms with Crippen LogP contribution in [0.15, 0.2) is 0 Å². The van der Waals surface area contributed by atoms with Crippen LogP contribution in [-0.4, -0.2) is 60.6 Å². The first kappa shape index (κ1) is 59.1. The molecular formula is C6H22O11. The third-order valence-electron chi connectivity index (χ3n) is 0. The van der Waals surface area contributed by atoms with Crippen molar-refractivity contribution in [3.8, 4) is 0 Å². The SMILES string of the molecule is CC(=O)O.CC(=O)O.CC(=O)O.O.O.O.O.O. The van der Waals surface area contributed by atoms with Gasteiger partial charge in [-0.2, -0.15) is 0 Å². The number of hydrogen-bond donors (Lipinski definition) is 3. The number of aliphatic carboxylic acids is 3. The maximum absolute atomic E-state index is 9.00. The number of hydrogen-bond acceptors (Lipinski definition) is 3. The van der Waals surface area contributed by atoms with Gasteiger partial charge in [-0.25, -0.2) is 0 Å². The molecule has 11 heteroatoms. The Bertz CT molecular complexity index is 114. The summed E-state index contributed by atoms with van der Waals surface area (Å²) in [6.45, 7) is 3.25. The van der Waals surface area contributed by atoms with Gasteiger partial charge in [0.2, 0.25) is 0 Å². The largest absolute Gasteiger partial charge is 0.481 e. The van der Waals surface area contributed by atoms with Crippen LogP contribution in [-0.2, 0) is 14.4 Å². The minimum Gasteiger partial charge on any atom is -0.481 e. The minimum absolute atomic E-state index is 0. The molecule has 0 saturated heterocycles. The van der Waals surface area contributed by atoms with Crippen molar-refractivity contribution in [1.82, 2.24) is 0 Å². The van der Waals surface area contributed by atoms with Crippen molar-refractivity contribution in [3.05, 3.63) is 0 Å². The van der Waals surface area contributed by atoms with Gasteiger partial charge >= 0.3 is 0 Å². The van der Waals surface area contributed by atoms with E-state index in [0.717, 1.165) is 20.8 Å². The molecule has 17 heavy (non-hydrogen) atoms. The van der Waals surface area contributed by atoms with Crippen LogP contribution in [0.2, 0.25) is 0 Å². The quantitative estimate of drug-likeness (QED) is 0.395. The van der Waals surface area contributed by atoms with Crippen LogP contribution < -0.4 is 0 Å². The molecule has 13 N–H and O–H groups in total. The molecular weight excluding hydrogens is 248 g/mol. The smallest absolute Gasteiger partial charge is 0.300 e. The predicted octanol–water partition coefficient (Wildman–Crippen LogP) is -3.85. The molecule has 0 spiro atoms. The first-order valence-corrected chi connectivity index (χ1v) is 2.78. The molecule has 0 bridgehead atoms. The van der Waals surface area contributed by atoms with E-state index in [1.54, 1.807) is 0 Å². The van der Waals surface area contributed by atoms with Gasteiger partial charge in [-0.3, -0.25) is 14.4 Å². The summed E-state index contributed by atoms with van der Waals surface area (Å²) in [5.74, 6) is -2.50. The molecule has 0 aliphatic heterocycles. The predicted molar refractivity (Wildman–Crippen MR) is 58.0 cm³/mol. The number of carbonyl (C=O) groups is 3. The van der Waals surface area contributed by atoms with E-state index in [1.165, 1.54) is 0 Å². The Morgan fingerprint density at radius 2 is 0.529 bits per heavy atom. The van der Waals surface area contributed by atoms with Crippen LogP contribution in [0, 0.1) is 0 Å². The van der Waals surface area contributed by atoms with Gasteiger partial charge < -0.3 is 42.7 Å². The number of rotatable bonds is 0. The molecule has 0 aliphatic rings. The summed E-state index contributed by atoms with van der Waals surface area (Å²) in [5.41, 5.74) is 0. The van der Waals surface area contributed by atoms with E-state index in [2.05, 4.69) is 0 Å². The lowest BCUT2D eigenvalue weighted by molar-refractivity contribution is -0.135. The van der Waals surface area contributed by atoms with Crippen molar-refractivity contribution in [3.63, 3.8) is 0 Å². The highest BCUT2D eigenvalue weighted by molar-refractivity contribution is 5.63. The van der Waals surface area contributed by atoms with Gasteiger partial charge in [0.15, 0.2) is 0 Å². The molecule has 0 amide bonds. The molecule has 0 saturated carbocycles. The molecule has 0 fully saturated rings. The van der Waals surface area contributed by atoms with Crippen molar-refractivity contribution in [2.45, 2.75) is 20.8 Å². The summed E-state index contributed by atoms with van der Waals surface area (Å²) in [7, 11) is 0. The standard InChI is InChI=1S/3C2H4O2.5H2O/c3*1-2(3)4;;;;;/h3*1H3,(H,3,4);5*1H2. The van der Waals surface area contributed by atoms with Crippen LogP contribution in [0.3, 0.4) is 0 Å². The Labute approximate surface area is 96.8 Å². The zero-order valence-electron chi connectivity index (χ0n) is 9.57. The second-order valence-corrected chi connectivity index (χ2v) is 1.56. The zero-order valence-corrected chi connectivity index (χ0v) is 9.57. The van der Waals surface area contributed by atoms with E-state index in [9.17, 15) is 0 Å². The average Bonchev–Trinajstić information content (AvgIpc) is 1.54. The summed E-state index contributed by atoms with van der Waals surface area (Å²) in [6, 6.07) is 0. The third kappa shape index (κ3) is 661. The topological polar surface area (TPSA) is 269 Å². The maximum Gasteiger partial charge on any atom is 0.300 e. The van der Waals surface area contributed by atoms with Crippen LogP contribution in [0.1, 0.15) is 20.8 Å². The van der Waals surface area contributed by atoms with Crippen molar-refractivity contribution in [2.24, 2.45) is 0 Å². The molecule has 0 heterocycles. The highest BCUT2D eigenvalue weighted by atomic mass is 16.4. The van der Waals surface area contributed by atoms with Crippen molar-refractivity contribution in [1.29, 1.82) is 0 Å². The Morgan fingerprint density at radius 1 is 0.529 bits per heavy atom. The monoisotopic (exact) mass is 270 g/mol. The average molecular weight is 270 g/mol. The van der Waals surface area contributed by atoms with E-state index in [0.29, 0.717) is 0 Å². The number of carboxylic acids is 3. The van der Waals surface area contributed by atoms with E-state index in [4.69, 9.17) is 29.7 Å². The summed E-state index contributed by atoms with van der Waals surface area (Å²) in [5, 5.41) is 22.2. The van der Waals surface area contributed by atoms with Crippen LogP contribution >= 0.6 is 0 Å². The summed E-state index contributed by atoms with van der Waals surface area (Å²) < 4.78 is 0. The van der Waals surface area contributed by atoms with Crippen molar-refractivity contribution in [2.75, 3.05) is 0 Å². The Morgan fingerprint density at radius 3 is 0.529 bits per heavy atom. The van der Waals surface area contributed by atoms with E-state index >= 15 is 0 Å². The first-order chi connectivity index (χ1) is 5.20. The third-order valence-corrected chi connectivity index (χ3v) is 0. The van der Waals surface area contributed by atoms with Gasteiger partial charge in [0, 0.05) is 20.8 Å². The summed E-state index contributed by atoms with van der Waals surface area (Å²) >= 11 is 0. The molecule has 112 valence electrons. The molecule has 0 aromatic carbocycles. The molecule has 0 rings (SSSR count). The fourth-order valence-corrected chi connectivity index (χ4v) is 0. The molecule has 0 unspecified atom stereocenters. The highest BCUT2D eigenvalue weighted by Gasteiger charge is 1.66. The Balaban J connectivity index is -0.0000000104. The van der Waals surface area contributed by atoms with E-state index < -0.39 is 17.9 Å². The highest BCUT2D eigenvalue weighted by Crippen LogP contribution is 1.42. The summed E-state index contributed by atoms with van der Waals surface area (Å²) in [6.07, 6.45) is 0. The fraction of sp³-hybridized carbons (Fsp3) is 0.500. The van der Waals surface area contributed by atoms with Crippen LogP contribution in [0.4, 0.5) is 0 Å². The van der Waals surface area contributed by atoms with E-state index in [1.807, 2.05) is 0 Å². The zero-order chi connectivity index (χ0) is 10.7. The molecule has 0 aromatic heterocycles. The van der Waals surface area contributed by atoms with Gasteiger partial charge in [0.1, 0.15) is 0 Å². The Hall–Kier alpha value is -1.79. The van der Waals surface area contributed by atoms with Gasteiger partial charge in [-0.1, -0.05) is 0 Å². The van der Waals surface area contributed by atoms with Crippen molar-refractivity contribution < 1.29 is 57.1 Å². The maximum atomic E-state index is 9.00. The second-order valence-electron chi connectivity index (χ2n) is 1.56. The lowest BCUT2D eigenvalue weighted by atomic mass is 10.9. The molecule has 0 radical (unpaired) electrons. The summed E-state index contributed by atoms with van der Waals surface area (Å²) in [4.78, 5) is 27.0.